The molecule has 1 aliphatic carbocycles. The van der Waals surface area contributed by atoms with Crippen LogP contribution in [0.1, 0.15) is 36.3 Å². The van der Waals surface area contributed by atoms with Crippen molar-refractivity contribution in [3.8, 4) is 0 Å². The average molecular weight is 407 g/mol. The van der Waals surface area contributed by atoms with Crippen LogP contribution in [0.3, 0.4) is 0 Å². The van der Waals surface area contributed by atoms with Gasteiger partial charge in [0, 0.05) is 40.0 Å². The molecule has 1 amide bonds. The third kappa shape index (κ3) is 3.73. The SMILES string of the molecule is C=C1NC2=C(C(=O)CCC2)C(c2ccc(Cl)cc2)C1C(=O)Nc1ccccc1C. The molecule has 5 heteroatoms. The van der Waals surface area contributed by atoms with Crippen molar-refractivity contribution in [2.24, 2.45) is 5.92 Å². The number of carbonyl (C=O) groups excluding carboxylic acids is 2. The predicted octanol–water partition coefficient (Wildman–Crippen LogP) is 5.11. The highest BCUT2D eigenvalue weighted by molar-refractivity contribution is 6.30. The molecular formula is C24H23ClN2O2. The maximum Gasteiger partial charge on any atom is 0.234 e. The number of rotatable bonds is 3. The number of aryl methyl sites for hydroxylation is 1. The van der Waals surface area contributed by atoms with E-state index in [0.29, 0.717) is 22.7 Å². The van der Waals surface area contributed by atoms with Gasteiger partial charge in [0.15, 0.2) is 5.78 Å². The average Bonchev–Trinajstić information content (AvgIpc) is 2.69. The molecule has 2 atom stereocenters. The number of anilines is 1. The van der Waals surface area contributed by atoms with Crippen molar-refractivity contribution < 1.29 is 9.59 Å². The first kappa shape index (κ1) is 19.5. The molecular weight excluding hydrogens is 384 g/mol. The van der Waals surface area contributed by atoms with E-state index in [1.54, 1.807) is 12.1 Å². The highest BCUT2D eigenvalue weighted by atomic mass is 35.5. The zero-order valence-electron chi connectivity index (χ0n) is 16.3. The van der Waals surface area contributed by atoms with Gasteiger partial charge in [-0.1, -0.05) is 48.5 Å². The largest absolute Gasteiger partial charge is 0.362 e. The van der Waals surface area contributed by atoms with Gasteiger partial charge in [0.05, 0.1) is 5.92 Å². The van der Waals surface area contributed by atoms with Crippen LogP contribution in [0.4, 0.5) is 5.69 Å². The maximum absolute atomic E-state index is 13.4. The molecule has 0 fully saturated rings. The second-order valence-corrected chi connectivity index (χ2v) is 8.07. The van der Waals surface area contributed by atoms with Crippen LogP contribution in [-0.4, -0.2) is 11.7 Å². The smallest absolute Gasteiger partial charge is 0.234 e. The van der Waals surface area contributed by atoms with Crippen molar-refractivity contribution in [2.45, 2.75) is 32.1 Å². The standard InChI is InChI=1S/C24H23ClN2O2/c1-14-6-3-4-7-18(14)27-24(29)21-15(2)26-19-8-5-9-20(28)23(19)22(21)16-10-12-17(25)13-11-16/h3-4,6-7,10-13,21-22,26H,2,5,8-9H2,1H3,(H,27,29). The lowest BCUT2D eigenvalue weighted by molar-refractivity contribution is -0.120. The maximum atomic E-state index is 13.4. The van der Waals surface area contributed by atoms with Gasteiger partial charge in [0.25, 0.3) is 0 Å². The number of nitrogens with one attached hydrogen (secondary N) is 2. The molecule has 29 heavy (non-hydrogen) atoms. The Bertz CT molecular complexity index is 1020. The van der Waals surface area contributed by atoms with Crippen molar-refractivity contribution in [1.82, 2.24) is 5.32 Å². The molecule has 0 saturated carbocycles. The van der Waals surface area contributed by atoms with E-state index in [2.05, 4.69) is 17.2 Å². The summed E-state index contributed by atoms with van der Waals surface area (Å²) in [6.45, 7) is 6.10. The molecule has 2 aromatic rings. The molecule has 2 unspecified atom stereocenters. The number of Topliss-reactive ketones (excluding diaryl/α,β-unsaturated/α-hetero) is 1. The van der Waals surface area contributed by atoms with Crippen LogP contribution >= 0.6 is 11.6 Å². The third-order valence-corrected chi connectivity index (χ3v) is 5.95. The van der Waals surface area contributed by atoms with Crippen LogP contribution in [0.2, 0.25) is 5.02 Å². The Balaban J connectivity index is 1.78. The zero-order chi connectivity index (χ0) is 20.5. The Morgan fingerprint density at radius 2 is 1.86 bits per heavy atom. The lowest BCUT2D eigenvalue weighted by Crippen LogP contribution is -2.42. The molecule has 148 valence electrons. The Kier molecular flexibility index (Phi) is 5.29. The molecule has 0 radical (unpaired) electrons. The summed E-state index contributed by atoms with van der Waals surface area (Å²) in [6, 6.07) is 15.0. The fourth-order valence-corrected chi connectivity index (χ4v) is 4.38. The minimum atomic E-state index is -0.600. The van der Waals surface area contributed by atoms with Crippen LogP contribution in [0, 0.1) is 12.8 Å². The summed E-state index contributed by atoms with van der Waals surface area (Å²) in [6.07, 6.45) is 2.10. The quantitative estimate of drug-likeness (QED) is 0.744. The Morgan fingerprint density at radius 1 is 1.14 bits per heavy atom. The normalized spacial score (nSPS) is 21.4. The molecule has 1 aliphatic heterocycles. The molecule has 2 aliphatic rings. The molecule has 2 aromatic carbocycles. The molecule has 0 aromatic heterocycles. The summed E-state index contributed by atoms with van der Waals surface area (Å²) in [5.74, 6) is -1.06. The first-order valence-electron chi connectivity index (χ1n) is 9.79. The molecule has 0 bridgehead atoms. The van der Waals surface area contributed by atoms with Gasteiger partial charge in [-0.15, -0.1) is 0 Å². The van der Waals surface area contributed by atoms with Crippen LogP contribution in [0.15, 0.2) is 72.1 Å². The second kappa shape index (κ2) is 7.88. The van der Waals surface area contributed by atoms with Crippen molar-refractivity contribution in [2.75, 3.05) is 5.32 Å². The second-order valence-electron chi connectivity index (χ2n) is 7.63. The van der Waals surface area contributed by atoms with Gasteiger partial charge in [-0.2, -0.15) is 0 Å². The van der Waals surface area contributed by atoms with Gasteiger partial charge in [-0.3, -0.25) is 9.59 Å². The van der Waals surface area contributed by atoms with Gasteiger partial charge in [0.2, 0.25) is 5.91 Å². The van der Waals surface area contributed by atoms with Crippen LogP contribution in [-0.2, 0) is 9.59 Å². The first-order valence-corrected chi connectivity index (χ1v) is 10.2. The van der Waals surface area contributed by atoms with Gasteiger partial charge < -0.3 is 10.6 Å². The number of carbonyl (C=O) groups is 2. The van der Waals surface area contributed by atoms with Gasteiger partial charge in [0.1, 0.15) is 0 Å². The number of benzene rings is 2. The van der Waals surface area contributed by atoms with Crippen molar-refractivity contribution >= 4 is 29.0 Å². The lowest BCUT2D eigenvalue weighted by Gasteiger charge is -2.38. The predicted molar refractivity (Wildman–Crippen MR) is 116 cm³/mol. The van der Waals surface area contributed by atoms with E-state index in [4.69, 9.17) is 11.6 Å². The van der Waals surface area contributed by atoms with Crippen LogP contribution < -0.4 is 10.6 Å². The number of hydrogen-bond donors (Lipinski definition) is 2. The molecule has 4 nitrogen and oxygen atoms in total. The minimum absolute atomic E-state index is 0.0971. The van der Waals surface area contributed by atoms with Crippen molar-refractivity contribution in [3.63, 3.8) is 0 Å². The molecule has 2 N–H and O–H groups in total. The fraction of sp³-hybridized carbons (Fsp3) is 0.250. The number of ketones is 1. The van der Waals surface area contributed by atoms with Gasteiger partial charge >= 0.3 is 0 Å². The van der Waals surface area contributed by atoms with Crippen molar-refractivity contribution in [3.05, 3.63) is 88.2 Å². The van der Waals surface area contributed by atoms with E-state index in [9.17, 15) is 9.59 Å². The van der Waals surface area contributed by atoms with Gasteiger partial charge in [-0.25, -0.2) is 0 Å². The van der Waals surface area contributed by atoms with Crippen molar-refractivity contribution in [1.29, 1.82) is 0 Å². The van der Waals surface area contributed by atoms with Gasteiger partial charge in [-0.05, 0) is 49.1 Å². The highest BCUT2D eigenvalue weighted by Crippen LogP contribution is 2.44. The minimum Gasteiger partial charge on any atom is -0.362 e. The molecule has 4 rings (SSSR count). The third-order valence-electron chi connectivity index (χ3n) is 5.70. The molecule has 0 saturated heterocycles. The van der Waals surface area contributed by atoms with E-state index in [0.717, 1.165) is 35.4 Å². The van der Waals surface area contributed by atoms with Crippen LogP contribution in [0.25, 0.3) is 0 Å². The summed E-state index contributed by atoms with van der Waals surface area (Å²) in [4.78, 5) is 26.3. The fourth-order valence-electron chi connectivity index (χ4n) is 4.26. The highest BCUT2D eigenvalue weighted by Gasteiger charge is 2.43. The summed E-state index contributed by atoms with van der Waals surface area (Å²) in [7, 11) is 0. The summed E-state index contributed by atoms with van der Waals surface area (Å²) in [5, 5.41) is 6.92. The number of amides is 1. The molecule has 0 spiro atoms. The van der Waals surface area contributed by atoms with Crippen LogP contribution in [0.5, 0.6) is 0 Å². The Labute approximate surface area is 175 Å². The number of para-hydroxylation sites is 1. The summed E-state index contributed by atoms with van der Waals surface area (Å²) >= 11 is 6.08. The van der Waals surface area contributed by atoms with E-state index in [1.807, 2.05) is 43.3 Å². The summed E-state index contributed by atoms with van der Waals surface area (Å²) in [5.41, 5.74) is 4.85. The monoisotopic (exact) mass is 406 g/mol. The topological polar surface area (TPSA) is 58.2 Å². The van der Waals surface area contributed by atoms with E-state index >= 15 is 0 Å². The molecule has 1 heterocycles. The Hall–Kier alpha value is -2.85. The number of halogens is 1. The number of allylic oxidation sites excluding steroid dienone is 2. The summed E-state index contributed by atoms with van der Waals surface area (Å²) < 4.78 is 0. The first-order chi connectivity index (χ1) is 14.0. The number of hydrogen-bond acceptors (Lipinski definition) is 3. The lowest BCUT2D eigenvalue weighted by atomic mass is 9.71. The van der Waals surface area contributed by atoms with E-state index < -0.39 is 5.92 Å². The zero-order valence-corrected chi connectivity index (χ0v) is 17.1. The van der Waals surface area contributed by atoms with E-state index in [1.165, 1.54) is 0 Å². The Morgan fingerprint density at radius 3 is 2.59 bits per heavy atom. The van der Waals surface area contributed by atoms with E-state index in [-0.39, 0.29) is 17.6 Å².